The standard InChI is InChI=1S/C17H23F3N4O/c18-17(19,20)13-24-6-2-4-15(16(24)25)23-9-7-22(8-10-23)12-14-3-1-5-21-11-14/h1,3,5,11,15H,2,4,6-10,12-13H2/t15-/m1/s1. The topological polar surface area (TPSA) is 39.7 Å². The molecule has 0 radical (unpaired) electrons. The van der Waals surface area contributed by atoms with Crippen LogP contribution in [0, 0.1) is 0 Å². The van der Waals surface area contributed by atoms with Gasteiger partial charge in [0.05, 0.1) is 6.04 Å². The maximum absolute atomic E-state index is 12.6. The minimum absolute atomic E-state index is 0.204. The Hall–Kier alpha value is -1.67. The number of likely N-dealkylation sites (tertiary alicyclic amines) is 1. The van der Waals surface area contributed by atoms with Gasteiger partial charge < -0.3 is 4.90 Å². The summed E-state index contributed by atoms with van der Waals surface area (Å²) in [5, 5.41) is 0. The second-order valence-corrected chi connectivity index (χ2v) is 6.71. The number of hydrogen-bond donors (Lipinski definition) is 0. The summed E-state index contributed by atoms with van der Waals surface area (Å²) in [6.45, 7) is 2.89. The lowest BCUT2D eigenvalue weighted by molar-refractivity contribution is -0.168. The fraction of sp³-hybridized carbons (Fsp3) is 0.647. The van der Waals surface area contributed by atoms with Crippen molar-refractivity contribution >= 4 is 5.91 Å². The van der Waals surface area contributed by atoms with Crippen molar-refractivity contribution in [3.63, 3.8) is 0 Å². The molecule has 0 spiro atoms. The van der Waals surface area contributed by atoms with E-state index in [1.165, 1.54) is 0 Å². The number of piperazine rings is 1. The number of amides is 1. The van der Waals surface area contributed by atoms with Crippen LogP contribution >= 0.6 is 0 Å². The Morgan fingerprint density at radius 1 is 1.16 bits per heavy atom. The van der Waals surface area contributed by atoms with E-state index in [9.17, 15) is 18.0 Å². The summed E-state index contributed by atoms with van der Waals surface area (Å²) in [6, 6.07) is 3.53. The first kappa shape index (κ1) is 18.1. The van der Waals surface area contributed by atoms with Gasteiger partial charge in [0.15, 0.2) is 0 Å². The van der Waals surface area contributed by atoms with Crippen molar-refractivity contribution in [2.45, 2.75) is 31.6 Å². The summed E-state index contributed by atoms with van der Waals surface area (Å²) in [4.78, 5) is 21.8. The van der Waals surface area contributed by atoms with Gasteiger partial charge in [-0.1, -0.05) is 6.07 Å². The van der Waals surface area contributed by atoms with Gasteiger partial charge in [-0.25, -0.2) is 0 Å². The molecule has 0 saturated carbocycles. The van der Waals surface area contributed by atoms with Crippen LogP contribution in [0.25, 0.3) is 0 Å². The van der Waals surface area contributed by atoms with E-state index in [2.05, 4.69) is 9.88 Å². The van der Waals surface area contributed by atoms with Crippen molar-refractivity contribution in [3.8, 4) is 0 Å². The van der Waals surface area contributed by atoms with Gasteiger partial charge in [-0.15, -0.1) is 0 Å². The number of carbonyl (C=O) groups excluding carboxylic acids is 1. The molecule has 3 rings (SSSR count). The summed E-state index contributed by atoms with van der Waals surface area (Å²) in [5.74, 6) is -0.371. The molecule has 2 aliphatic heterocycles. The number of hydrogen-bond acceptors (Lipinski definition) is 4. The molecular formula is C17H23F3N4O. The highest BCUT2D eigenvalue weighted by Crippen LogP contribution is 2.23. The number of alkyl halides is 3. The molecular weight excluding hydrogens is 333 g/mol. The molecule has 1 atom stereocenters. The molecule has 3 heterocycles. The van der Waals surface area contributed by atoms with Gasteiger partial charge in [-0.3, -0.25) is 19.6 Å². The van der Waals surface area contributed by atoms with E-state index in [1.807, 2.05) is 23.2 Å². The van der Waals surface area contributed by atoms with E-state index in [1.54, 1.807) is 6.20 Å². The summed E-state index contributed by atoms with van der Waals surface area (Å²) in [7, 11) is 0. The fourth-order valence-corrected chi connectivity index (χ4v) is 3.62. The molecule has 2 fully saturated rings. The van der Waals surface area contributed by atoms with E-state index < -0.39 is 18.8 Å². The number of halogens is 3. The molecule has 2 saturated heterocycles. The van der Waals surface area contributed by atoms with Crippen LogP contribution in [0.3, 0.4) is 0 Å². The quantitative estimate of drug-likeness (QED) is 0.824. The Balaban J connectivity index is 1.52. The number of piperidine rings is 1. The second kappa shape index (κ2) is 7.70. The van der Waals surface area contributed by atoms with Gasteiger partial charge in [0.1, 0.15) is 6.54 Å². The normalized spacial score (nSPS) is 23.9. The molecule has 0 N–H and O–H groups in total. The van der Waals surface area contributed by atoms with Gasteiger partial charge in [0.2, 0.25) is 5.91 Å². The molecule has 0 unspecified atom stereocenters. The Kier molecular flexibility index (Phi) is 5.58. The zero-order valence-electron chi connectivity index (χ0n) is 14.1. The number of nitrogens with zero attached hydrogens (tertiary/aromatic N) is 4. The Morgan fingerprint density at radius 3 is 2.56 bits per heavy atom. The third-order valence-corrected chi connectivity index (χ3v) is 4.85. The molecule has 0 bridgehead atoms. The first-order valence-corrected chi connectivity index (χ1v) is 8.63. The molecule has 1 amide bonds. The van der Waals surface area contributed by atoms with Crippen LogP contribution in [0.2, 0.25) is 0 Å². The minimum Gasteiger partial charge on any atom is -0.332 e. The van der Waals surface area contributed by atoms with Gasteiger partial charge >= 0.3 is 6.18 Å². The second-order valence-electron chi connectivity index (χ2n) is 6.71. The summed E-state index contributed by atoms with van der Waals surface area (Å²) in [6.07, 6.45) is 0.521. The highest BCUT2D eigenvalue weighted by Gasteiger charge is 2.39. The SMILES string of the molecule is O=C1[C@H](N2CCN(Cc3cccnc3)CC2)CCCN1CC(F)(F)F. The Bertz CT molecular complexity index is 573. The average Bonchev–Trinajstić information content (AvgIpc) is 2.57. The predicted octanol–water partition coefficient (Wildman–Crippen LogP) is 1.75. The summed E-state index contributed by atoms with van der Waals surface area (Å²) < 4.78 is 37.9. The zero-order chi connectivity index (χ0) is 17.9. The molecule has 5 nitrogen and oxygen atoms in total. The van der Waals surface area contributed by atoms with E-state index >= 15 is 0 Å². The Morgan fingerprint density at radius 2 is 1.92 bits per heavy atom. The Labute approximate surface area is 145 Å². The first-order valence-electron chi connectivity index (χ1n) is 8.63. The summed E-state index contributed by atoms with van der Waals surface area (Å²) >= 11 is 0. The monoisotopic (exact) mass is 356 g/mol. The first-order chi connectivity index (χ1) is 11.9. The van der Waals surface area contributed by atoms with E-state index in [4.69, 9.17) is 0 Å². The van der Waals surface area contributed by atoms with Crippen molar-refractivity contribution in [2.75, 3.05) is 39.3 Å². The zero-order valence-corrected chi connectivity index (χ0v) is 14.1. The molecule has 25 heavy (non-hydrogen) atoms. The summed E-state index contributed by atoms with van der Waals surface area (Å²) in [5.41, 5.74) is 1.14. The van der Waals surface area contributed by atoms with E-state index in [0.29, 0.717) is 25.9 Å². The maximum atomic E-state index is 12.6. The number of aromatic nitrogens is 1. The average molecular weight is 356 g/mol. The van der Waals surface area contributed by atoms with Crippen LogP contribution in [0.4, 0.5) is 13.2 Å². The van der Waals surface area contributed by atoms with Crippen molar-refractivity contribution in [1.82, 2.24) is 19.7 Å². The van der Waals surface area contributed by atoms with Gasteiger partial charge in [-0.2, -0.15) is 13.2 Å². The fourth-order valence-electron chi connectivity index (χ4n) is 3.62. The number of carbonyl (C=O) groups is 1. The molecule has 0 aromatic carbocycles. The van der Waals surface area contributed by atoms with Gasteiger partial charge in [0, 0.05) is 51.7 Å². The van der Waals surface area contributed by atoms with Crippen LogP contribution in [0.5, 0.6) is 0 Å². The van der Waals surface area contributed by atoms with Crippen molar-refractivity contribution < 1.29 is 18.0 Å². The molecule has 138 valence electrons. The lowest BCUT2D eigenvalue weighted by Gasteiger charge is -2.42. The lowest BCUT2D eigenvalue weighted by Crippen LogP contribution is -2.58. The minimum atomic E-state index is -4.33. The van der Waals surface area contributed by atoms with Crippen LogP contribution in [0.1, 0.15) is 18.4 Å². The van der Waals surface area contributed by atoms with E-state index in [0.717, 1.165) is 30.1 Å². The largest absolute Gasteiger partial charge is 0.406 e. The van der Waals surface area contributed by atoms with Crippen LogP contribution in [-0.4, -0.2) is 77.1 Å². The molecule has 1 aromatic heterocycles. The highest BCUT2D eigenvalue weighted by atomic mass is 19.4. The predicted molar refractivity (Wildman–Crippen MR) is 86.7 cm³/mol. The molecule has 1 aromatic rings. The third kappa shape index (κ3) is 4.92. The molecule has 2 aliphatic rings. The van der Waals surface area contributed by atoms with Crippen molar-refractivity contribution in [3.05, 3.63) is 30.1 Å². The van der Waals surface area contributed by atoms with Crippen LogP contribution in [0.15, 0.2) is 24.5 Å². The van der Waals surface area contributed by atoms with E-state index in [-0.39, 0.29) is 12.5 Å². The number of rotatable bonds is 4. The van der Waals surface area contributed by atoms with Gasteiger partial charge in [-0.05, 0) is 24.5 Å². The van der Waals surface area contributed by atoms with Crippen molar-refractivity contribution in [1.29, 1.82) is 0 Å². The van der Waals surface area contributed by atoms with Crippen LogP contribution < -0.4 is 0 Å². The molecule has 8 heteroatoms. The van der Waals surface area contributed by atoms with Crippen molar-refractivity contribution in [2.24, 2.45) is 0 Å². The third-order valence-electron chi connectivity index (χ3n) is 4.85. The molecule has 0 aliphatic carbocycles. The maximum Gasteiger partial charge on any atom is 0.406 e. The smallest absolute Gasteiger partial charge is 0.332 e. The van der Waals surface area contributed by atoms with Gasteiger partial charge in [0.25, 0.3) is 0 Å². The number of pyridine rings is 1. The lowest BCUT2D eigenvalue weighted by atomic mass is 10.0. The highest BCUT2D eigenvalue weighted by molar-refractivity contribution is 5.82. The van der Waals surface area contributed by atoms with Crippen LogP contribution in [-0.2, 0) is 11.3 Å².